The molecule has 1 amide bonds. The Hall–Kier alpha value is -1.55. The van der Waals surface area contributed by atoms with Crippen LogP contribution in [-0.2, 0) is 11.2 Å². The number of benzene rings is 1. The highest BCUT2D eigenvalue weighted by molar-refractivity contribution is 5.80. The molecule has 2 unspecified atom stereocenters. The second-order valence-electron chi connectivity index (χ2n) is 5.28. The predicted octanol–water partition coefficient (Wildman–Crippen LogP) is 1.66. The molecule has 4 heteroatoms. The van der Waals surface area contributed by atoms with Gasteiger partial charge in [-0.2, -0.15) is 0 Å². The van der Waals surface area contributed by atoms with Crippen molar-refractivity contribution in [2.24, 2.45) is 5.73 Å². The van der Waals surface area contributed by atoms with Crippen LogP contribution in [0.4, 0.5) is 5.69 Å². The lowest BCUT2D eigenvalue weighted by Gasteiger charge is -2.29. The first-order chi connectivity index (χ1) is 9.19. The Labute approximate surface area is 114 Å². The SMILES string of the molecule is CNC(=O)Cc1ccccc1NC1CCCC(N)C1. The first kappa shape index (κ1) is 13.9. The molecule has 1 aromatic carbocycles. The molecule has 0 bridgehead atoms. The fourth-order valence-corrected chi connectivity index (χ4v) is 2.66. The average Bonchev–Trinajstić information content (AvgIpc) is 2.41. The number of amides is 1. The maximum absolute atomic E-state index is 11.5. The first-order valence-corrected chi connectivity index (χ1v) is 6.99. The molecule has 19 heavy (non-hydrogen) atoms. The number of nitrogens with one attached hydrogen (secondary N) is 2. The van der Waals surface area contributed by atoms with Gasteiger partial charge in [0.15, 0.2) is 0 Å². The minimum atomic E-state index is 0.0367. The van der Waals surface area contributed by atoms with Crippen LogP contribution in [0.25, 0.3) is 0 Å². The van der Waals surface area contributed by atoms with Gasteiger partial charge in [0.05, 0.1) is 6.42 Å². The molecular weight excluding hydrogens is 238 g/mol. The van der Waals surface area contributed by atoms with Crippen LogP contribution in [-0.4, -0.2) is 25.0 Å². The lowest BCUT2D eigenvalue weighted by Crippen LogP contribution is -2.35. The molecule has 0 aromatic heterocycles. The highest BCUT2D eigenvalue weighted by Crippen LogP contribution is 2.23. The van der Waals surface area contributed by atoms with Gasteiger partial charge in [-0.3, -0.25) is 4.79 Å². The topological polar surface area (TPSA) is 67.2 Å². The molecule has 4 N–H and O–H groups in total. The van der Waals surface area contributed by atoms with Gasteiger partial charge in [-0.25, -0.2) is 0 Å². The second-order valence-corrected chi connectivity index (χ2v) is 5.28. The molecule has 0 aliphatic heterocycles. The van der Waals surface area contributed by atoms with Crippen molar-refractivity contribution in [3.63, 3.8) is 0 Å². The summed E-state index contributed by atoms with van der Waals surface area (Å²) in [6.45, 7) is 0. The predicted molar refractivity (Wildman–Crippen MR) is 78.1 cm³/mol. The van der Waals surface area contributed by atoms with Crippen LogP contribution in [0.2, 0.25) is 0 Å². The highest BCUT2D eigenvalue weighted by atomic mass is 16.1. The van der Waals surface area contributed by atoms with E-state index in [0.717, 1.165) is 30.5 Å². The minimum absolute atomic E-state index is 0.0367. The third kappa shape index (κ3) is 3.96. The zero-order valence-corrected chi connectivity index (χ0v) is 11.5. The van der Waals surface area contributed by atoms with Crippen LogP contribution in [0.15, 0.2) is 24.3 Å². The Bertz CT molecular complexity index is 433. The average molecular weight is 261 g/mol. The van der Waals surface area contributed by atoms with Crippen LogP contribution in [0.1, 0.15) is 31.2 Å². The number of hydrogen-bond acceptors (Lipinski definition) is 3. The largest absolute Gasteiger partial charge is 0.382 e. The summed E-state index contributed by atoms with van der Waals surface area (Å²) in [5, 5.41) is 6.21. The van der Waals surface area contributed by atoms with Crippen molar-refractivity contribution in [1.29, 1.82) is 0 Å². The van der Waals surface area contributed by atoms with Gasteiger partial charge in [0.25, 0.3) is 0 Å². The number of nitrogens with two attached hydrogens (primary N) is 1. The van der Waals surface area contributed by atoms with Crippen molar-refractivity contribution in [1.82, 2.24) is 5.32 Å². The van der Waals surface area contributed by atoms with Crippen molar-refractivity contribution in [3.8, 4) is 0 Å². The van der Waals surface area contributed by atoms with Crippen LogP contribution in [0, 0.1) is 0 Å². The smallest absolute Gasteiger partial charge is 0.224 e. The molecule has 4 nitrogen and oxygen atoms in total. The maximum atomic E-state index is 11.5. The molecule has 104 valence electrons. The zero-order valence-electron chi connectivity index (χ0n) is 11.5. The number of anilines is 1. The van der Waals surface area contributed by atoms with Crippen LogP contribution < -0.4 is 16.4 Å². The maximum Gasteiger partial charge on any atom is 0.224 e. The Balaban J connectivity index is 2.04. The van der Waals surface area contributed by atoms with E-state index in [4.69, 9.17) is 5.73 Å². The molecule has 0 radical (unpaired) electrons. The van der Waals surface area contributed by atoms with Gasteiger partial charge in [-0.05, 0) is 37.3 Å². The highest BCUT2D eigenvalue weighted by Gasteiger charge is 2.19. The van der Waals surface area contributed by atoms with Gasteiger partial charge in [-0.15, -0.1) is 0 Å². The number of hydrogen-bond donors (Lipinski definition) is 3. The number of carbonyl (C=O) groups excluding carboxylic acids is 1. The van der Waals surface area contributed by atoms with Crippen LogP contribution in [0.3, 0.4) is 0 Å². The molecule has 1 aliphatic rings. The molecule has 1 aliphatic carbocycles. The van der Waals surface area contributed by atoms with Crippen molar-refractivity contribution < 1.29 is 4.79 Å². The van der Waals surface area contributed by atoms with Gasteiger partial charge in [0.2, 0.25) is 5.91 Å². The molecule has 1 saturated carbocycles. The van der Waals surface area contributed by atoms with Crippen LogP contribution in [0.5, 0.6) is 0 Å². The second kappa shape index (κ2) is 6.57. The Morgan fingerprint density at radius 1 is 1.37 bits per heavy atom. The van der Waals surface area contributed by atoms with E-state index in [1.165, 1.54) is 6.42 Å². The van der Waals surface area contributed by atoms with Gasteiger partial charge in [-0.1, -0.05) is 18.2 Å². The number of likely N-dealkylation sites (N-methyl/N-ethyl adjacent to an activating group) is 1. The number of para-hydroxylation sites is 1. The third-order valence-corrected chi connectivity index (χ3v) is 3.72. The van der Waals surface area contributed by atoms with Gasteiger partial charge < -0.3 is 16.4 Å². The summed E-state index contributed by atoms with van der Waals surface area (Å²) >= 11 is 0. The summed E-state index contributed by atoms with van der Waals surface area (Å²) in [5.74, 6) is 0.0367. The van der Waals surface area contributed by atoms with Gasteiger partial charge in [0.1, 0.15) is 0 Å². The van der Waals surface area contributed by atoms with Crippen molar-refractivity contribution >= 4 is 11.6 Å². The normalized spacial score (nSPS) is 22.8. The van der Waals surface area contributed by atoms with E-state index in [-0.39, 0.29) is 5.91 Å². The van der Waals surface area contributed by atoms with Gasteiger partial charge >= 0.3 is 0 Å². The van der Waals surface area contributed by atoms with E-state index >= 15 is 0 Å². The van der Waals surface area contributed by atoms with E-state index in [2.05, 4.69) is 10.6 Å². The fraction of sp³-hybridized carbons (Fsp3) is 0.533. The molecule has 2 rings (SSSR count). The molecule has 0 spiro atoms. The lowest BCUT2D eigenvalue weighted by molar-refractivity contribution is -0.119. The molecule has 1 aromatic rings. The van der Waals surface area contributed by atoms with E-state index in [1.54, 1.807) is 7.05 Å². The Morgan fingerprint density at radius 2 is 2.16 bits per heavy atom. The number of rotatable bonds is 4. The van der Waals surface area contributed by atoms with E-state index in [9.17, 15) is 4.79 Å². The summed E-state index contributed by atoms with van der Waals surface area (Å²) < 4.78 is 0. The summed E-state index contributed by atoms with van der Waals surface area (Å²) in [6.07, 6.45) is 4.88. The van der Waals surface area contributed by atoms with E-state index < -0.39 is 0 Å². The Morgan fingerprint density at radius 3 is 2.89 bits per heavy atom. The quantitative estimate of drug-likeness (QED) is 0.772. The van der Waals surface area contributed by atoms with Crippen molar-refractivity contribution in [3.05, 3.63) is 29.8 Å². The minimum Gasteiger partial charge on any atom is -0.382 e. The zero-order chi connectivity index (χ0) is 13.7. The van der Waals surface area contributed by atoms with Crippen molar-refractivity contribution in [2.75, 3.05) is 12.4 Å². The monoisotopic (exact) mass is 261 g/mol. The Kier molecular flexibility index (Phi) is 4.80. The van der Waals surface area contributed by atoms with E-state index in [1.807, 2.05) is 24.3 Å². The standard InChI is InChI=1S/C15H23N3O/c1-17-15(19)9-11-5-2-3-8-14(11)18-13-7-4-6-12(16)10-13/h2-3,5,8,12-13,18H,4,6-7,9-10,16H2,1H3,(H,17,19). The van der Waals surface area contributed by atoms with Crippen molar-refractivity contribution in [2.45, 2.75) is 44.2 Å². The molecule has 1 fully saturated rings. The summed E-state index contributed by atoms with van der Waals surface area (Å²) in [4.78, 5) is 11.5. The molecule has 0 saturated heterocycles. The molecule has 0 heterocycles. The summed E-state index contributed by atoms with van der Waals surface area (Å²) in [5.41, 5.74) is 8.12. The first-order valence-electron chi connectivity index (χ1n) is 6.99. The third-order valence-electron chi connectivity index (χ3n) is 3.72. The van der Waals surface area contributed by atoms with E-state index in [0.29, 0.717) is 18.5 Å². The summed E-state index contributed by atoms with van der Waals surface area (Å²) in [7, 11) is 1.67. The number of carbonyl (C=O) groups is 1. The van der Waals surface area contributed by atoms with Crippen LogP contribution >= 0.6 is 0 Å². The summed E-state index contributed by atoms with van der Waals surface area (Å²) in [6, 6.07) is 8.74. The lowest BCUT2D eigenvalue weighted by atomic mass is 9.91. The fourth-order valence-electron chi connectivity index (χ4n) is 2.66. The molecular formula is C15H23N3O. The molecule has 2 atom stereocenters. The van der Waals surface area contributed by atoms with Gasteiger partial charge in [0, 0.05) is 24.8 Å².